The second-order valence-corrected chi connectivity index (χ2v) is 4.87. The van der Waals surface area contributed by atoms with Gasteiger partial charge in [0.15, 0.2) is 0 Å². The van der Waals surface area contributed by atoms with Crippen molar-refractivity contribution in [2.75, 3.05) is 18.9 Å². The third kappa shape index (κ3) is 3.55. The summed E-state index contributed by atoms with van der Waals surface area (Å²) in [5.74, 6) is 0.0587. The molecule has 18 heavy (non-hydrogen) atoms. The van der Waals surface area contributed by atoms with E-state index in [2.05, 4.69) is 17.3 Å². The SMILES string of the molecule is CN(CCC(=O)Nc1ccccc1CN)C1CC1. The van der Waals surface area contributed by atoms with E-state index < -0.39 is 0 Å². The summed E-state index contributed by atoms with van der Waals surface area (Å²) >= 11 is 0. The quantitative estimate of drug-likeness (QED) is 0.802. The highest BCUT2D eigenvalue weighted by molar-refractivity contribution is 5.91. The summed E-state index contributed by atoms with van der Waals surface area (Å²) < 4.78 is 0. The molecule has 0 spiro atoms. The molecule has 1 aromatic rings. The molecule has 1 amide bonds. The molecule has 0 aliphatic heterocycles. The summed E-state index contributed by atoms with van der Waals surface area (Å²) in [6.07, 6.45) is 3.08. The normalized spacial score (nSPS) is 14.8. The lowest BCUT2D eigenvalue weighted by molar-refractivity contribution is -0.116. The molecule has 0 bridgehead atoms. The molecular weight excluding hydrogens is 226 g/mol. The summed E-state index contributed by atoms with van der Waals surface area (Å²) in [6.45, 7) is 1.26. The number of nitrogens with one attached hydrogen (secondary N) is 1. The topological polar surface area (TPSA) is 58.4 Å². The zero-order valence-corrected chi connectivity index (χ0v) is 10.9. The predicted molar refractivity (Wildman–Crippen MR) is 73.2 cm³/mol. The molecule has 0 saturated heterocycles. The molecule has 1 fully saturated rings. The Morgan fingerprint density at radius 3 is 2.83 bits per heavy atom. The Kier molecular flexibility index (Phi) is 4.33. The predicted octanol–water partition coefficient (Wildman–Crippen LogP) is 1.57. The van der Waals surface area contributed by atoms with Crippen molar-refractivity contribution in [1.29, 1.82) is 0 Å². The highest BCUT2D eigenvalue weighted by Gasteiger charge is 2.25. The minimum absolute atomic E-state index is 0.0587. The van der Waals surface area contributed by atoms with Gasteiger partial charge in [0, 0.05) is 31.2 Å². The first-order valence-corrected chi connectivity index (χ1v) is 6.48. The van der Waals surface area contributed by atoms with Crippen LogP contribution >= 0.6 is 0 Å². The van der Waals surface area contributed by atoms with Crippen molar-refractivity contribution in [2.45, 2.75) is 31.8 Å². The van der Waals surface area contributed by atoms with Crippen molar-refractivity contribution in [3.05, 3.63) is 29.8 Å². The summed E-state index contributed by atoms with van der Waals surface area (Å²) in [5.41, 5.74) is 7.44. The minimum Gasteiger partial charge on any atom is -0.326 e. The molecule has 1 aliphatic carbocycles. The van der Waals surface area contributed by atoms with Crippen LogP contribution in [-0.4, -0.2) is 30.4 Å². The van der Waals surface area contributed by atoms with Gasteiger partial charge in [-0.15, -0.1) is 0 Å². The number of hydrogen-bond donors (Lipinski definition) is 2. The lowest BCUT2D eigenvalue weighted by atomic mass is 10.1. The van der Waals surface area contributed by atoms with Crippen LogP contribution in [0.1, 0.15) is 24.8 Å². The van der Waals surface area contributed by atoms with Gasteiger partial charge in [-0.3, -0.25) is 4.79 Å². The van der Waals surface area contributed by atoms with Crippen LogP contribution in [0.15, 0.2) is 24.3 Å². The van der Waals surface area contributed by atoms with E-state index in [1.54, 1.807) is 0 Å². The first-order chi connectivity index (χ1) is 8.70. The molecular formula is C14H21N3O. The first kappa shape index (κ1) is 13.1. The van der Waals surface area contributed by atoms with E-state index in [0.29, 0.717) is 19.0 Å². The van der Waals surface area contributed by atoms with E-state index in [0.717, 1.165) is 17.8 Å². The third-order valence-electron chi connectivity index (χ3n) is 3.37. The third-order valence-corrected chi connectivity index (χ3v) is 3.37. The van der Waals surface area contributed by atoms with Gasteiger partial charge in [0.1, 0.15) is 0 Å². The largest absolute Gasteiger partial charge is 0.326 e. The van der Waals surface area contributed by atoms with Crippen molar-refractivity contribution in [3.8, 4) is 0 Å². The molecule has 0 atom stereocenters. The number of nitrogens with zero attached hydrogens (tertiary/aromatic N) is 1. The average molecular weight is 247 g/mol. The Morgan fingerprint density at radius 1 is 1.44 bits per heavy atom. The zero-order valence-electron chi connectivity index (χ0n) is 10.9. The first-order valence-electron chi connectivity index (χ1n) is 6.48. The van der Waals surface area contributed by atoms with Crippen molar-refractivity contribution < 1.29 is 4.79 Å². The van der Waals surface area contributed by atoms with Crippen LogP contribution in [0.25, 0.3) is 0 Å². The summed E-state index contributed by atoms with van der Waals surface area (Å²) in [4.78, 5) is 14.1. The van der Waals surface area contributed by atoms with E-state index >= 15 is 0 Å². The molecule has 3 N–H and O–H groups in total. The van der Waals surface area contributed by atoms with E-state index in [1.807, 2.05) is 24.3 Å². The minimum atomic E-state index is 0.0587. The fourth-order valence-electron chi connectivity index (χ4n) is 2.01. The monoisotopic (exact) mass is 247 g/mol. The maximum absolute atomic E-state index is 11.8. The van der Waals surface area contributed by atoms with Crippen LogP contribution in [0, 0.1) is 0 Å². The van der Waals surface area contributed by atoms with E-state index in [1.165, 1.54) is 12.8 Å². The number of nitrogens with two attached hydrogens (primary N) is 1. The Morgan fingerprint density at radius 2 is 2.17 bits per heavy atom. The lowest BCUT2D eigenvalue weighted by Crippen LogP contribution is -2.26. The molecule has 1 saturated carbocycles. The molecule has 4 nitrogen and oxygen atoms in total. The van der Waals surface area contributed by atoms with Gasteiger partial charge in [-0.25, -0.2) is 0 Å². The molecule has 1 aromatic carbocycles. The van der Waals surface area contributed by atoms with E-state index in [9.17, 15) is 4.79 Å². The van der Waals surface area contributed by atoms with Crippen LogP contribution in [-0.2, 0) is 11.3 Å². The number of anilines is 1. The second kappa shape index (κ2) is 5.98. The van der Waals surface area contributed by atoms with Gasteiger partial charge in [0.25, 0.3) is 0 Å². The van der Waals surface area contributed by atoms with Gasteiger partial charge >= 0.3 is 0 Å². The molecule has 0 aromatic heterocycles. The van der Waals surface area contributed by atoms with Gasteiger partial charge in [-0.05, 0) is 31.5 Å². The molecule has 0 unspecified atom stereocenters. The number of para-hydroxylation sites is 1. The molecule has 0 radical (unpaired) electrons. The van der Waals surface area contributed by atoms with Gasteiger partial charge in [0.2, 0.25) is 5.91 Å². The molecule has 4 heteroatoms. The van der Waals surface area contributed by atoms with Crippen molar-refractivity contribution in [3.63, 3.8) is 0 Å². The summed E-state index contributed by atoms with van der Waals surface area (Å²) in [7, 11) is 2.08. The number of hydrogen-bond acceptors (Lipinski definition) is 3. The van der Waals surface area contributed by atoms with E-state index in [4.69, 9.17) is 5.73 Å². The Bertz CT molecular complexity index is 415. The number of carbonyl (C=O) groups is 1. The van der Waals surface area contributed by atoms with Crippen LogP contribution in [0.4, 0.5) is 5.69 Å². The maximum atomic E-state index is 11.8. The molecule has 98 valence electrons. The van der Waals surface area contributed by atoms with Gasteiger partial charge in [0.05, 0.1) is 0 Å². The molecule has 1 aliphatic rings. The Balaban J connectivity index is 1.82. The number of carbonyl (C=O) groups excluding carboxylic acids is 1. The van der Waals surface area contributed by atoms with Crippen LogP contribution in [0.2, 0.25) is 0 Å². The van der Waals surface area contributed by atoms with Gasteiger partial charge in [-0.2, -0.15) is 0 Å². The highest BCUT2D eigenvalue weighted by Crippen LogP contribution is 2.25. The Hall–Kier alpha value is -1.39. The fraction of sp³-hybridized carbons (Fsp3) is 0.500. The zero-order chi connectivity index (χ0) is 13.0. The van der Waals surface area contributed by atoms with Gasteiger partial charge in [-0.1, -0.05) is 18.2 Å². The standard InChI is InChI=1S/C14H21N3O/c1-17(12-6-7-12)9-8-14(18)16-13-5-3-2-4-11(13)10-15/h2-5,12H,6-10,15H2,1H3,(H,16,18). The van der Waals surface area contributed by atoms with Gasteiger partial charge < -0.3 is 16.0 Å². The number of rotatable bonds is 6. The lowest BCUT2D eigenvalue weighted by Gasteiger charge is -2.15. The van der Waals surface area contributed by atoms with E-state index in [-0.39, 0.29) is 5.91 Å². The smallest absolute Gasteiger partial charge is 0.225 e. The van der Waals surface area contributed by atoms with Crippen molar-refractivity contribution >= 4 is 11.6 Å². The summed E-state index contributed by atoms with van der Waals surface area (Å²) in [5, 5.41) is 2.93. The highest BCUT2D eigenvalue weighted by atomic mass is 16.1. The second-order valence-electron chi connectivity index (χ2n) is 4.87. The maximum Gasteiger partial charge on any atom is 0.225 e. The van der Waals surface area contributed by atoms with Crippen LogP contribution < -0.4 is 11.1 Å². The average Bonchev–Trinajstić information content (AvgIpc) is 3.21. The van der Waals surface area contributed by atoms with Crippen LogP contribution in [0.5, 0.6) is 0 Å². The van der Waals surface area contributed by atoms with Crippen LogP contribution in [0.3, 0.4) is 0 Å². The number of amides is 1. The van der Waals surface area contributed by atoms with Crippen molar-refractivity contribution in [1.82, 2.24) is 4.90 Å². The molecule has 2 rings (SSSR count). The number of benzene rings is 1. The molecule has 0 heterocycles. The van der Waals surface area contributed by atoms with Crippen molar-refractivity contribution in [2.24, 2.45) is 5.73 Å². The Labute approximate surface area is 108 Å². The fourth-order valence-corrected chi connectivity index (χ4v) is 2.01. The summed E-state index contributed by atoms with van der Waals surface area (Å²) in [6, 6.07) is 8.37.